The number of anilines is 1. The predicted molar refractivity (Wildman–Crippen MR) is 89.9 cm³/mol. The van der Waals surface area contributed by atoms with E-state index in [0.717, 1.165) is 31.2 Å². The van der Waals surface area contributed by atoms with E-state index in [9.17, 15) is 9.90 Å². The smallest absolute Gasteiger partial charge is 0.320 e. The first kappa shape index (κ1) is 16.7. The van der Waals surface area contributed by atoms with Crippen LogP contribution in [0.25, 0.3) is 0 Å². The van der Waals surface area contributed by atoms with Crippen LogP contribution in [0.1, 0.15) is 0 Å². The van der Waals surface area contributed by atoms with Crippen molar-refractivity contribution in [3.05, 3.63) is 17.5 Å². The second-order valence-electron chi connectivity index (χ2n) is 6.15. The molecule has 1 aromatic rings. The number of thiophene rings is 1. The van der Waals surface area contributed by atoms with E-state index in [1.807, 2.05) is 17.5 Å². The highest BCUT2D eigenvalue weighted by atomic mass is 32.1. The average Bonchev–Trinajstić information content (AvgIpc) is 3.14. The molecular weight excluding hydrogens is 316 g/mol. The van der Waals surface area contributed by atoms with Crippen LogP contribution in [0, 0.1) is 0 Å². The lowest BCUT2D eigenvalue weighted by molar-refractivity contribution is 0.00623. The van der Waals surface area contributed by atoms with E-state index >= 15 is 0 Å². The van der Waals surface area contributed by atoms with Gasteiger partial charge >= 0.3 is 6.03 Å². The van der Waals surface area contributed by atoms with Crippen LogP contribution in [-0.2, 0) is 4.74 Å². The third-order valence-corrected chi connectivity index (χ3v) is 5.18. The Morgan fingerprint density at radius 1 is 1.43 bits per heavy atom. The molecule has 2 aliphatic heterocycles. The van der Waals surface area contributed by atoms with E-state index in [4.69, 9.17) is 4.74 Å². The van der Waals surface area contributed by atoms with E-state index in [1.165, 1.54) is 11.3 Å². The fourth-order valence-electron chi connectivity index (χ4n) is 2.92. The normalized spacial score (nSPS) is 29.6. The van der Waals surface area contributed by atoms with Gasteiger partial charge in [0.1, 0.15) is 6.10 Å². The zero-order valence-electron chi connectivity index (χ0n) is 13.3. The quantitative estimate of drug-likeness (QED) is 0.732. The number of hydrogen-bond donors (Lipinski definition) is 3. The van der Waals surface area contributed by atoms with Gasteiger partial charge in [0.05, 0.1) is 23.8 Å². The Balaban J connectivity index is 1.44. The monoisotopic (exact) mass is 340 g/mol. The number of nitrogens with zero attached hydrogens (tertiary/aromatic N) is 2. The van der Waals surface area contributed by atoms with Crippen molar-refractivity contribution in [1.82, 2.24) is 15.1 Å². The molecule has 0 radical (unpaired) electrons. The fraction of sp³-hybridized carbons (Fsp3) is 0.667. The minimum atomic E-state index is -0.677. The van der Waals surface area contributed by atoms with Crippen LogP contribution in [0.5, 0.6) is 0 Å². The Labute approximate surface area is 140 Å². The Morgan fingerprint density at radius 2 is 2.22 bits per heavy atom. The van der Waals surface area contributed by atoms with Crippen molar-refractivity contribution >= 4 is 22.4 Å². The topological polar surface area (TPSA) is 77.1 Å². The molecule has 3 heterocycles. The summed E-state index contributed by atoms with van der Waals surface area (Å²) >= 11 is 1.46. The summed E-state index contributed by atoms with van der Waals surface area (Å²) in [5.74, 6) is 0. The van der Waals surface area contributed by atoms with Crippen LogP contribution in [0.3, 0.4) is 0 Å². The summed E-state index contributed by atoms with van der Waals surface area (Å²) in [5.41, 5.74) is 0. The van der Waals surface area contributed by atoms with Gasteiger partial charge < -0.3 is 20.1 Å². The average molecular weight is 340 g/mol. The summed E-state index contributed by atoms with van der Waals surface area (Å²) in [6.45, 7) is 5.10. The highest BCUT2D eigenvalue weighted by molar-refractivity contribution is 7.14. The van der Waals surface area contributed by atoms with Crippen LogP contribution >= 0.6 is 11.3 Å². The van der Waals surface area contributed by atoms with E-state index in [2.05, 4.69) is 27.5 Å². The first-order valence-electron chi connectivity index (χ1n) is 7.93. The number of aliphatic hydroxyl groups excluding tert-OH is 1. The number of aliphatic hydroxyl groups is 1. The largest absolute Gasteiger partial charge is 0.388 e. The van der Waals surface area contributed by atoms with Gasteiger partial charge in [0.2, 0.25) is 0 Å². The Hall–Kier alpha value is -1.19. The molecule has 3 N–H and O–H groups in total. The van der Waals surface area contributed by atoms with Gasteiger partial charge in [0.15, 0.2) is 0 Å². The Bertz CT molecular complexity index is 505. The predicted octanol–water partition coefficient (Wildman–Crippen LogP) is 0.245. The standard InChI is InChI=1S/C15H24N4O3S/c1-18-4-6-19(7-5-18)9-12-14(20)11(10-22-12)16-15(21)17-13-3-2-8-23-13/h2-3,8,11-12,14,20H,4-7,9-10H2,1H3,(H2,16,17,21)/t11-,12-,14+/m0/s1. The van der Waals surface area contributed by atoms with E-state index < -0.39 is 6.10 Å². The molecule has 0 unspecified atom stereocenters. The highest BCUT2D eigenvalue weighted by Crippen LogP contribution is 2.18. The summed E-state index contributed by atoms with van der Waals surface area (Å²) in [7, 11) is 2.12. The lowest BCUT2D eigenvalue weighted by Gasteiger charge is -2.34. The van der Waals surface area contributed by atoms with Gasteiger partial charge in [-0.25, -0.2) is 4.79 Å². The summed E-state index contributed by atoms with van der Waals surface area (Å²) in [6.07, 6.45) is -0.922. The number of urea groups is 1. The summed E-state index contributed by atoms with van der Waals surface area (Å²) in [6, 6.07) is 3.04. The molecule has 7 nitrogen and oxygen atoms in total. The number of likely N-dealkylation sites (N-methyl/N-ethyl adjacent to an activating group) is 1. The number of ether oxygens (including phenoxy) is 1. The second-order valence-corrected chi connectivity index (χ2v) is 7.10. The number of carbonyl (C=O) groups excluding carboxylic acids is 1. The number of nitrogens with one attached hydrogen (secondary N) is 2. The van der Waals surface area contributed by atoms with Crippen molar-refractivity contribution in [1.29, 1.82) is 0 Å². The fourth-order valence-corrected chi connectivity index (χ4v) is 3.53. The van der Waals surface area contributed by atoms with E-state index in [-0.39, 0.29) is 18.2 Å². The van der Waals surface area contributed by atoms with Gasteiger partial charge in [-0.15, -0.1) is 11.3 Å². The molecule has 2 amide bonds. The number of rotatable bonds is 4. The van der Waals surface area contributed by atoms with Gasteiger partial charge in [-0.05, 0) is 24.6 Å². The second kappa shape index (κ2) is 7.59. The van der Waals surface area contributed by atoms with Crippen molar-refractivity contribution in [3.63, 3.8) is 0 Å². The maximum Gasteiger partial charge on any atom is 0.320 e. The number of piperazine rings is 1. The van der Waals surface area contributed by atoms with Crippen molar-refractivity contribution in [2.45, 2.75) is 18.2 Å². The highest BCUT2D eigenvalue weighted by Gasteiger charge is 2.38. The molecule has 1 aromatic heterocycles. The molecule has 128 valence electrons. The maximum absolute atomic E-state index is 11.9. The molecule has 0 bridgehead atoms. The maximum atomic E-state index is 11.9. The Morgan fingerprint density at radius 3 is 2.91 bits per heavy atom. The summed E-state index contributed by atoms with van der Waals surface area (Å²) < 4.78 is 5.70. The van der Waals surface area contributed by atoms with Crippen molar-refractivity contribution in [2.24, 2.45) is 0 Å². The van der Waals surface area contributed by atoms with Gasteiger partial charge in [-0.2, -0.15) is 0 Å². The van der Waals surface area contributed by atoms with Crippen molar-refractivity contribution in [3.8, 4) is 0 Å². The third-order valence-electron chi connectivity index (χ3n) is 4.39. The molecule has 8 heteroatoms. The number of carbonyl (C=O) groups is 1. The van der Waals surface area contributed by atoms with E-state index in [1.54, 1.807) is 0 Å². The van der Waals surface area contributed by atoms with Gasteiger partial charge in [-0.3, -0.25) is 10.2 Å². The number of hydrogen-bond acceptors (Lipinski definition) is 6. The van der Waals surface area contributed by atoms with Crippen LogP contribution < -0.4 is 10.6 Å². The zero-order valence-corrected chi connectivity index (χ0v) is 14.1. The van der Waals surface area contributed by atoms with Crippen LogP contribution in [0.15, 0.2) is 17.5 Å². The molecule has 0 saturated carbocycles. The molecule has 2 saturated heterocycles. The first-order valence-corrected chi connectivity index (χ1v) is 8.81. The van der Waals surface area contributed by atoms with Crippen molar-refractivity contribution in [2.75, 3.05) is 51.7 Å². The molecule has 0 aliphatic carbocycles. The SMILES string of the molecule is CN1CCN(C[C@@H]2OC[C@H](NC(=O)Nc3cccs3)[C@H]2O)CC1. The third kappa shape index (κ3) is 4.42. The molecular formula is C15H24N4O3S. The van der Waals surface area contributed by atoms with Gasteiger partial charge in [-0.1, -0.05) is 0 Å². The molecule has 2 aliphatic rings. The summed E-state index contributed by atoms with van der Waals surface area (Å²) in [5, 5.41) is 18.6. The first-order chi connectivity index (χ1) is 11.1. The van der Waals surface area contributed by atoms with Crippen molar-refractivity contribution < 1.29 is 14.6 Å². The van der Waals surface area contributed by atoms with Gasteiger partial charge in [0, 0.05) is 32.7 Å². The minimum Gasteiger partial charge on any atom is -0.388 e. The zero-order chi connectivity index (χ0) is 16.2. The van der Waals surface area contributed by atoms with Crippen LogP contribution in [-0.4, -0.2) is 85.6 Å². The number of amides is 2. The summed E-state index contributed by atoms with van der Waals surface area (Å²) in [4.78, 5) is 16.5. The molecule has 3 atom stereocenters. The molecule has 2 fully saturated rings. The Kier molecular flexibility index (Phi) is 5.50. The molecule has 0 aromatic carbocycles. The lowest BCUT2D eigenvalue weighted by Crippen LogP contribution is -2.51. The van der Waals surface area contributed by atoms with Crippen LogP contribution in [0.4, 0.5) is 9.80 Å². The molecule has 0 spiro atoms. The van der Waals surface area contributed by atoms with Crippen LogP contribution in [0.2, 0.25) is 0 Å². The minimum absolute atomic E-state index is 0.245. The van der Waals surface area contributed by atoms with E-state index in [0.29, 0.717) is 13.2 Å². The molecule has 3 rings (SSSR count). The lowest BCUT2D eigenvalue weighted by atomic mass is 10.1. The van der Waals surface area contributed by atoms with Gasteiger partial charge in [0.25, 0.3) is 0 Å². The molecule has 23 heavy (non-hydrogen) atoms.